The number of benzene rings is 1. The molecule has 0 saturated heterocycles. The third-order valence-electron chi connectivity index (χ3n) is 2.78. The van der Waals surface area contributed by atoms with E-state index in [9.17, 15) is 5.11 Å². The van der Waals surface area contributed by atoms with Crippen molar-refractivity contribution in [1.29, 1.82) is 0 Å². The lowest BCUT2D eigenvalue weighted by Crippen LogP contribution is -1.95. The van der Waals surface area contributed by atoms with E-state index in [1.807, 2.05) is 0 Å². The molecule has 1 N–H and O–H groups in total. The van der Waals surface area contributed by atoms with Gasteiger partial charge in [0.25, 0.3) is 0 Å². The van der Waals surface area contributed by atoms with Crippen molar-refractivity contribution in [2.75, 3.05) is 0 Å². The summed E-state index contributed by atoms with van der Waals surface area (Å²) in [6.45, 7) is 5.77. The molecule has 17 heavy (non-hydrogen) atoms. The van der Waals surface area contributed by atoms with Crippen LogP contribution in [0.3, 0.4) is 0 Å². The topological polar surface area (TPSA) is 59.2 Å². The summed E-state index contributed by atoms with van der Waals surface area (Å²) < 4.78 is 5.08. The van der Waals surface area contributed by atoms with Gasteiger partial charge in [-0.3, -0.25) is 0 Å². The lowest BCUT2D eigenvalue weighted by Gasteiger charge is -2.02. The minimum atomic E-state index is -0.688. The molecule has 1 aromatic carbocycles. The predicted molar refractivity (Wildman–Crippen MR) is 63.7 cm³/mol. The molecule has 0 aliphatic heterocycles. The number of nitrogens with zero attached hydrogens (tertiary/aromatic N) is 2. The molecule has 0 radical (unpaired) electrons. The quantitative estimate of drug-likeness (QED) is 0.882. The van der Waals surface area contributed by atoms with Crippen molar-refractivity contribution in [2.45, 2.75) is 33.3 Å². The largest absolute Gasteiger partial charge is 0.385 e. The van der Waals surface area contributed by atoms with Crippen LogP contribution in [0.5, 0.6) is 0 Å². The summed E-state index contributed by atoms with van der Waals surface area (Å²) in [5.41, 5.74) is 3.65. The average Bonchev–Trinajstić information content (AvgIpc) is 2.72. The molecule has 0 fully saturated rings. The number of hydrogen-bond donors (Lipinski definition) is 1. The molecule has 0 spiro atoms. The molecular weight excluding hydrogens is 216 g/mol. The van der Waals surface area contributed by atoms with Gasteiger partial charge in [0.15, 0.2) is 5.82 Å². The first-order chi connectivity index (χ1) is 8.06. The minimum absolute atomic E-state index is 0.337. The third kappa shape index (κ3) is 2.71. The Morgan fingerprint density at radius 3 is 2.65 bits per heavy atom. The van der Waals surface area contributed by atoms with Crippen LogP contribution in [0.25, 0.3) is 0 Å². The zero-order chi connectivity index (χ0) is 12.4. The fourth-order valence-corrected chi connectivity index (χ4v) is 1.60. The smallest absolute Gasteiger partial charge is 0.231 e. The zero-order valence-corrected chi connectivity index (χ0v) is 10.3. The summed E-state index contributed by atoms with van der Waals surface area (Å²) in [6.07, 6.45) is -0.0897. The van der Waals surface area contributed by atoms with Gasteiger partial charge in [0.2, 0.25) is 5.89 Å². The number of aryl methyl sites for hydroxylation is 2. The monoisotopic (exact) mass is 232 g/mol. The molecule has 90 valence electrons. The van der Waals surface area contributed by atoms with E-state index in [0.29, 0.717) is 18.1 Å². The van der Waals surface area contributed by atoms with Crippen LogP contribution in [0.1, 0.15) is 41.4 Å². The fraction of sp³-hybridized carbons (Fsp3) is 0.385. The molecule has 4 nitrogen and oxygen atoms in total. The Labute approximate surface area is 100 Å². The second kappa shape index (κ2) is 4.67. The van der Waals surface area contributed by atoms with Gasteiger partial charge < -0.3 is 9.63 Å². The highest BCUT2D eigenvalue weighted by molar-refractivity contribution is 5.31. The van der Waals surface area contributed by atoms with Crippen molar-refractivity contribution in [3.05, 3.63) is 46.6 Å². The van der Waals surface area contributed by atoms with E-state index < -0.39 is 6.10 Å². The van der Waals surface area contributed by atoms with E-state index in [1.165, 1.54) is 11.1 Å². The van der Waals surface area contributed by atoms with E-state index in [1.54, 1.807) is 6.92 Å². The average molecular weight is 232 g/mol. The van der Waals surface area contributed by atoms with Gasteiger partial charge in [0, 0.05) is 0 Å². The lowest BCUT2D eigenvalue weighted by molar-refractivity contribution is 0.184. The van der Waals surface area contributed by atoms with Crippen LogP contribution in [-0.2, 0) is 6.42 Å². The van der Waals surface area contributed by atoms with Gasteiger partial charge in [-0.2, -0.15) is 4.98 Å². The summed E-state index contributed by atoms with van der Waals surface area (Å²) in [7, 11) is 0. The Hall–Kier alpha value is -1.68. The Morgan fingerprint density at radius 2 is 2.06 bits per heavy atom. The molecular formula is C13H16N2O2. The normalized spacial score (nSPS) is 12.7. The number of hydrogen-bond acceptors (Lipinski definition) is 4. The van der Waals surface area contributed by atoms with E-state index in [2.05, 4.69) is 42.2 Å². The van der Waals surface area contributed by atoms with Gasteiger partial charge in [-0.1, -0.05) is 23.4 Å². The number of aliphatic hydroxyl groups is 1. The maximum atomic E-state index is 9.30. The van der Waals surface area contributed by atoms with Crippen LogP contribution in [0.2, 0.25) is 0 Å². The Morgan fingerprint density at radius 1 is 1.29 bits per heavy atom. The summed E-state index contributed by atoms with van der Waals surface area (Å²) in [4.78, 5) is 4.13. The third-order valence-corrected chi connectivity index (χ3v) is 2.78. The number of aromatic nitrogens is 2. The molecule has 1 atom stereocenters. The molecule has 1 unspecified atom stereocenters. The Kier molecular flexibility index (Phi) is 3.24. The van der Waals surface area contributed by atoms with Gasteiger partial charge in [-0.25, -0.2) is 0 Å². The van der Waals surface area contributed by atoms with Gasteiger partial charge in [0.1, 0.15) is 6.10 Å². The second-order valence-electron chi connectivity index (χ2n) is 4.32. The Balaban J connectivity index is 2.16. The van der Waals surface area contributed by atoms with Crippen molar-refractivity contribution in [1.82, 2.24) is 10.1 Å². The van der Waals surface area contributed by atoms with Gasteiger partial charge >= 0.3 is 0 Å². The van der Waals surface area contributed by atoms with E-state index in [4.69, 9.17) is 4.52 Å². The maximum absolute atomic E-state index is 9.30. The van der Waals surface area contributed by atoms with Crippen molar-refractivity contribution < 1.29 is 9.63 Å². The van der Waals surface area contributed by atoms with E-state index in [-0.39, 0.29) is 0 Å². The van der Waals surface area contributed by atoms with E-state index in [0.717, 1.165) is 5.56 Å². The fourth-order valence-electron chi connectivity index (χ4n) is 1.60. The molecule has 0 amide bonds. The number of rotatable bonds is 3. The molecule has 4 heteroatoms. The predicted octanol–water partition coefficient (Wildman–Crippen LogP) is 2.33. The lowest BCUT2D eigenvalue weighted by atomic mass is 10.0. The maximum Gasteiger partial charge on any atom is 0.231 e. The zero-order valence-electron chi connectivity index (χ0n) is 10.3. The van der Waals surface area contributed by atoms with Crippen LogP contribution in [0.15, 0.2) is 22.7 Å². The highest BCUT2D eigenvalue weighted by Crippen LogP contribution is 2.14. The van der Waals surface area contributed by atoms with Gasteiger partial charge in [-0.15, -0.1) is 0 Å². The minimum Gasteiger partial charge on any atom is -0.385 e. The van der Waals surface area contributed by atoms with Crippen LogP contribution < -0.4 is 0 Å². The van der Waals surface area contributed by atoms with Crippen LogP contribution in [-0.4, -0.2) is 15.2 Å². The van der Waals surface area contributed by atoms with Crippen molar-refractivity contribution in [2.24, 2.45) is 0 Å². The van der Waals surface area contributed by atoms with Crippen molar-refractivity contribution in [3.63, 3.8) is 0 Å². The molecule has 0 aliphatic rings. The van der Waals surface area contributed by atoms with Crippen LogP contribution >= 0.6 is 0 Å². The standard InChI is InChI=1S/C13H16N2O2/c1-8-4-5-11(6-9(8)2)7-12-14-13(10(3)16)15-17-12/h4-6,10,16H,7H2,1-3H3. The highest BCUT2D eigenvalue weighted by Gasteiger charge is 2.11. The van der Waals surface area contributed by atoms with Gasteiger partial charge in [-0.05, 0) is 37.5 Å². The first-order valence-corrected chi connectivity index (χ1v) is 5.63. The van der Waals surface area contributed by atoms with Crippen molar-refractivity contribution >= 4 is 0 Å². The first kappa shape index (κ1) is 11.8. The molecule has 0 bridgehead atoms. The molecule has 0 saturated carbocycles. The Bertz CT molecular complexity index is 518. The summed E-state index contributed by atoms with van der Waals surface area (Å²) in [5, 5.41) is 13.0. The van der Waals surface area contributed by atoms with Crippen LogP contribution in [0, 0.1) is 13.8 Å². The number of aliphatic hydroxyl groups excluding tert-OH is 1. The molecule has 1 aromatic heterocycles. The molecule has 2 rings (SSSR count). The van der Waals surface area contributed by atoms with Gasteiger partial charge in [0.05, 0.1) is 6.42 Å². The summed E-state index contributed by atoms with van der Waals surface area (Å²) in [6, 6.07) is 6.24. The SMILES string of the molecule is Cc1ccc(Cc2nc(C(C)O)no2)cc1C. The second-order valence-corrected chi connectivity index (χ2v) is 4.32. The van der Waals surface area contributed by atoms with Crippen molar-refractivity contribution in [3.8, 4) is 0 Å². The van der Waals surface area contributed by atoms with Crippen LogP contribution in [0.4, 0.5) is 0 Å². The summed E-state index contributed by atoms with van der Waals surface area (Å²) in [5.74, 6) is 0.869. The highest BCUT2D eigenvalue weighted by atomic mass is 16.5. The van der Waals surface area contributed by atoms with E-state index >= 15 is 0 Å². The first-order valence-electron chi connectivity index (χ1n) is 5.63. The molecule has 2 aromatic rings. The molecule has 0 aliphatic carbocycles. The molecule has 1 heterocycles. The summed E-state index contributed by atoms with van der Waals surface area (Å²) >= 11 is 0.